The van der Waals surface area contributed by atoms with Gasteiger partial charge in [-0.25, -0.2) is 8.42 Å². The van der Waals surface area contributed by atoms with Gasteiger partial charge in [0.25, 0.3) is 0 Å². The van der Waals surface area contributed by atoms with Crippen LogP contribution in [-0.4, -0.2) is 24.7 Å². The first kappa shape index (κ1) is 15.0. The molecule has 1 atom stereocenters. The molecule has 1 fully saturated rings. The first-order valence-corrected chi connectivity index (χ1v) is 8.27. The van der Waals surface area contributed by atoms with Gasteiger partial charge in [0.1, 0.15) is 0 Å². The van der Waals surface area contributed by atoms with Crippen LogP contribution in [0.3, 0.4) is 0 Å². The van der Waals surface area contributed by atoms with E-state index in [9.17, 15) is 13.2 Å². The Morgan fingerprint density at radius 2 is 2.00 bits per heavy atom. The summed E-state index contributed by atoms with van der Waals surface area (Å²) in [6.07, 6.45) is 2.49. The fourth-order valence-corrected chi connectivity index (χ4v) is 4.47. The van der Waals surface area contributed by atoms with Gasteiger partial charge in [-0.1, -0.05) is 24.6 Å². The van der Waals surface area contributed by atoms with Crippen molar-refractivity contribution in [3.8, 4) is 0 Å². The van der Waals surface area contributed by atoms with E-state index >= 15 is 0 Å². The molecule has 0 bridgehead atoms. The Hall–Kier alpha value is -1.40. The average Bonchev–Trinajstić information content (AvgIpc) is 2.33. The molecule has 1 aromatic rings. The van der Waals surface area contributed by atoms with Crippen LogP contribution in [-0.2, 0) is 14.6 Å². The normalized spacial score (nSPS) is 17.4. The summed E-state index contributed by atoms with van der Waals surface area (Å²) in [4.78, 5) is 10.9. The van der Waals surface area contributed by atoms with E-state index in [1.54, 1.807) is 24.3 Å². The highest BCUT2D eigenvalue weighted by molar-refractivity contribution is 7.92. The Labute approximate surface area is 118 Å². The maximum absolute atomic E-state index is 12.5. The van der Waals surface area contributed by atoms with Crippen LogP contribution in [0.4, 0.5) is 0 Å². The van der Waals surface area contributed by atoms with Gasteiger partial charge >= 0.3 is 5.97 Å². The Morgan fingerprint density at radius 3 is 2.55 bits per heavy atom. The lowest BCUT2D eigenvalue weighted by atomic mass is 10.00. The largest absolute Gasteiger partial charge is 0.481 e. The zero-order chi connectivity index (χ0) is 14.8. The van der Waals surface area contributed by atoms with Crippen LogP contribution in [0.15, 0.2) is 29.2 Å². The number of hydrogen-bond donors (Lipinski definition) is 2. The third kappa shape index (κ3) is 3.02. The molecule has 0 amide bonds. The molecule has 0 heterocycles. The van der Waals surface area contributed by atoms with E-state index in [0.29, 0.717) is 18.4 Å². The minimum Gasteiger partial charge on any atom is -0.481 e. The topological polar surface area (TPSA) is 97.5 Å². The highest BCUT2D eigenvalue weighted by Gasteiger charge is 2.34. The predicted molar refractivity (Wildman–Crippen MR) is 75.1 cm³/mol. The van der Waals surface area contributed by atoms with Crippen LogP contribution in [0.2, 0.25) is 0 Å². The molecule has 110 valence electrons. The summed E-state index contributed by atoms with van der Waals surface area (Å²) in [5, 5.41) is 8.39. The van der Waals surface area contributed by atoms with Gasteiger partial charge in [-0.2, -0.15) is 0 Å². The molecule has 0 radical (unpaired) electrons. The van der Waals surface area contributed by atoms with Crippen LogP contribution in [0.5, 0.6) is 0 Å². The molecule has 1 saturated carbocycles. The molecule has 2 rings (SSSR count). The number of aliphatic carboxylic acids is 1. The fourth-order valence-electron chi connectivity index (χ4n) is 2.34. The van der Waals surface area contributed by atoms with E-state index in [4.69, 9.17) is 10.8 Å². The second-order valence-electron chi connectivity index (χ2n) is 5.17. The van der Waals surface area contributed by atoms with E-state index < -0.39 is 21.8 Å². The molecule has 1 aromatic carbocycles. The molecule has 1 aliphatic carbocycles. The average molecular weight is 297 g/mol. The van der Waals surface area contributed by atoms with Gasteiger partial charge in [-0.3, -0.25) is 4.79 Å². The number of sulfone groups is 1. The molecule has 0 saturated heterocycles. The van der Waals surface area contributed by atoms with Crippen molar-refractivity contribution >= 4 is 15.8 Å². The van der Waals surface area contributed by atoms with E-state index in [1.165, 1.54) is 0 Å². The highest BCUT2D eigenvalue weighted by atomic mass is 32.2. The van der Waals surface area contributed by atoms with E-state index in [-0.39, 0.29) is 23.0 Å². The summed E-state index contributed by atoms with van der Waals surface area (Å²) in [5.41, 5.74) is 6.50. The highest BCUT2D eigenvalue weighted by Crippen LogP contribution is 2.34. The third-order valence-electron chi connectivity index (χ3n) is 3.79. The summed E-state index contributed by atoms with van der Waals surface area (Å²) in [7, 11) is -3.34. The number of hydrogen-bond acceptors (Lipinski definition) is 4. The van der Waals surface area contributed by atoms with E-state index in [2.05, 4.69) is 0 Å². The van der Waals surface area contributed by atoms with Gasteiger partial charge < -0.3 is 10.8 Å². The molecule has 0 spiro atoms. The number of nitrogens with two attached hydrogens (primary N) is 1. The Morgan fingerprint density at radius 1 is 1.35 bits per heavy atom. The third-order valence-corrected chi connectivity index (χ3v) is 6.12. The monoisotopic (exact) mass is 297 g/mol. The Bertz CT molecular complexity index is 593. The molecular formula is C14H19NO4S. The smallest absolute Gasteiger partial charge is 0.303 e. The zero-order valence-electron chi connectivity index (χ0n) is 11.2. The lowest BCUT2D eigenvalue weighted by Gasteiger charge is -2.27. The van der Waals surface area contributed by atoms with Crippen LogP contribution < -0.4 is 5.73 Å². The van der Waals surface area contributed by atoms with Crippen molar-refractivity contribution in [2.75, 3.05) is 0 Å². The van der Waals surface area contributed by atoms with Crippen LogP contribution in [0.25, 0.3) is 0 Å². The fraction of sp³-hybridized carbons (Fsp3) is 0.500. The number of carboxylic acid groups (broad SMARTS) is 1. The maximum atomic E-state index is 12.5. The van der Waals surface area contributed by atoms with Crippen molar-refractivity contribution in [3.63, 3.8) is 0 Å². The summed E-state index contributed by atoms with van der Waals surface area (Å²) in [6, 6.07) is 6.09. The van der Waals surface area contributed by atoms with Gasteiger partial charge in [-0.15, -0.1) is 0 Å². The van der Waals surface area contributed by atoms with Crippen molar-refractivity contribution in [1.29, 1.82) is 0 Å². The van der Waals surface area contributed by atoms with Gasteiger partial charge in [0.2, 0.25) is 0 Å². The second kappa shape index (κ2) is 5.93. The van der Waals surface area contributed by atoms with Crippen LogP contribution >= 0.6 is 0 Å². The molecule has 0 aromatic heterocycles. The van der Waals surface area contributed by atoms with Crippen LogP contribution in [0, 0.1) is 0 Å². The predicted octanol–water partition coefficient (Wildman–Crippen LogP) is 1.88. The number of rotatable bonds is 6. The molecule has 6 heteroatoms. The molecule has 1 aliphatic rings. The lowest BCUT2D eigenvalue weighted by molar-refractivity contribution is -0.137. The summed E-state index contributed by atoms with van der Waals surface area (Å²) in [6.45, 7) is 0. The quantitative estimate of drug-likeness (QED) is 0.835. The van der Waals surface area contributed by atoms with Gasteiger partial charge in [0, 0.05) is 12.5 Å². The molecule has 1 unspecified atom stereocenters. The minimum absolute atomic E-state index is 0.0705. The molecule has 3 N–H and O–H groups in total. The molecule has 5 nitrogen and oxygen atoms in total. The zero-order valence-corrected chi connectivity index (χ0v) is 12.0. The SMILES string of the molecule is NC(CCC(=O)O)c1ccccc1S(=O)(=O)C1CCC1. The van der Waals surface area contributed by atoms with Crippen molar-refractivity contribution in [3.05, 3.63) is 29.8 Å². The van der Waals surface area contributed by atoms with Crippen molar-refractivity contribution in [2.45, 2.75) is 48.3 Å². The summed E-state index contributed by atoms with van der Waals surface area (Å²) in [5.74, 6) is -0.931. The Balaban J connectivity index is 2.28. The first-order valence-electron chi connectivity index (χ1n) is 6.73. The van der Waals surface area contributed by atoms with E-state index in [1.807, 2.05) is 0 Å². The molecule has 20 heavy (non-hydrogen) atoms. The van der Waals surface area contributed by atoms with Crippen molar-refractivity contribution < 1.29 is 18.3 Å². The van der Waals surface area contributed by atoms with Gasteiger partial charge in [-0.05, 0) is 30.9 Å². The Kier molecular flexibility index (Phi) is 4.45. The molecule has 0 aliphatic heterocycles. The van der Waals surface area contributed by atoms with E-state index in [0.717, 1.165) is 6.42 Å². The number of carboxylic acids is 1. The van der Waals surface area contributed by atoms with Crippen LogP contribution in [0.1, 0.15) is 43.7 Å². The second-order valence-corrected chi connectivity index (χ2v) is 7.37. The lowest BCUT2D eigenvalue weighted by Crippen LogP contribution is -2.30. The summed E-state index contributed by atoms with van der Waals surface area (Å²) < 4.78 is 25.0. The first-order chi connectivity index (χ1) is 9.43. The molecular weight excluding hydrogens is 278 g/mol. The number of carbonyl (C=O) groups is 1. The minimum atomic E-state index is -3.34. The summed E-state index contributed by atoms with van der Waals surface area (Å²) >= 11 is 0. The van der Waals surface area contributed by atoms with Gasteiger partial charge in [0.05, 0.1) is 10.1 Å². The standard InChI is InChI=1S/C14H19NO4S/c15-12(8-9-14(16)17)11-6-1-2-7-13(11)20(18,19)10-4-3-5-10/h1-2,6-7,10,12H,3-5,8-9,15H2,(H,16,17). The van der Waals surface area contributed by atoms with Crippen molar-refractivity contribution in [1.82, 2.24) is 0 Å². The van der Waals surface area contributed by atoms with Crippen molar-refractivity contribution in [2.24, 2.45) is 5.73 Å². The van der Waals surface area contributed by atoms with Gasteiger partial charge in [0.15, 0.2) is 9.84 Å². The number of benzene rings is 1. The maximum Gasteiger partial charge on any atom is 0.303 e.